The van der Waals surface area contributed by atoms with Crippen LogP contribution in [0.3, 0.4) is 0 Å². The summed E-state index contributed by atoms with van der Waals surface area (Å²) in [4.78, 5) is 41.6. The summed E-state index contributed by atoms with van der Waals surface area (Å²) < 4.78 is 16.9. The first kappa shape index (κ1) is 30.5. The van der Waals surface area contributed by atoms with E-state index in [4.69, 9.17) is 14.2 Å². The molecule has 5 rings (SSSR count). The van der Waals surface area contributed by atoms with Crippen LogP contribution in [0.1, 0.15) is 46.0 Å². The van der Waals surface area contributed by atoms with Crippen molar-refractivity contribution in [3.8, 4) is 5.75 Å². The molecule has 0 aliphatic carbocycles. The average Bonchev–Trinajstić information content (AvgIpc) is 3.42. The summed E-state index contributed by atoms with van der Waals surface area (Å²) in [6.07, 6.45) is 1.40. The van der Waals surface area contributed by atoms with Gasteiger partial charge in [0.05, 0.1) is 12.6 Å². The van der Waals surface area contributed by atoms with Gasteiger partial charge in [-0.15, -0.1) is 0 Å². The van der Waals surface area contributed by atoms with E-state index in [1.165, 1.54) is 4.90 Å². The quantitative estimate of drug-likeness (QED) is 0.159. The molecule has 7 nitrogen and oxygen atoms in total. The fourth-order valence-electron chi connectivity index (χ4n) is 5.40. The van der Waals surface area contributed by atoms with Gasteiger partial charge in [-0.3, -0.25) is 4.79 Å². The molecule has 0 N–H and O–H groups in total. The van der Waals surface area contributed by atoms with Gasteiger partial charge in [0.1, 0.15) is 24.5 Å². The van der Waals surface area contributed by atoms with Gasteiger partial charge in [-0.05, 0) is 60.1 Å². The van der Waals surface area contributed by atoms with Crippen LogP contribution in [0.2, 0.25) is 0 Å². The molecular weight excluding hydrogens is 554 g/mol. The van der Waals surface area contributed by atoms with Crippen LogP contribution < -0.4 is 4.74 Å². The molecule has 1 saturated heterocycles. The van der Waals surface area contributed by atoms with Crippen molar-refractivity contribution >= 4 is 18.0 Å². The lowest BCUT2D eigenvalue weighted by atomic mass is 9.90. The monoisotopic (exact) mass is 591 g/mol. The minimum absolute atomic E-state index is 0.131. The summed E-state index contributed by atoms with van der Waals surface area (Å²) in [5, 5.41) is 0. The summed E-state index contributed by atoms with van der Waals surface area (Å²) in [5.74, 6) is -0.932. The maximum Gasteiger partial charge on any atom is 0.416 e. The Bertz CT molecular complexity index is 1540. The van der Waals surface area contributed by atoms with E-state index in [0.717, 1.165) is 28.7 Å². The Labute approximate surface area is 258 Å². The molecular formula is C37H37NO6. The van der Waals surface area contributed by atoms with Crippen molar-refractivity contribution in [2.45, 2.75) is 45.3 Å². The van der Waals surface area contributed by atoms with Crippen LogP contribution in [-0.2, 0) is 40.1 Å². The van der Waals surface area contributed by atoms with Crippen molar-refractivity contribution < 1.29 is 28.6 Å². The Kier molecular flexibility index (Phi) is 10.4. The molecule has 1 aliphatic heterocycles. The lowest BCUT2D eigenvalue weighted by Gasteiger charge is -2.25. The van der Waals surface area contributed by atoms with Crippen LogP contribution in [0, 0.1) is 5.92 Å². The highest BCUT2D eigenvalue weighted by atomic mass is 16.6. The first-order chi connectivity index (χ1) is 21.5. The predicted molar refractivity (Wildman–Crippen MR) is 167 cm³/mol. The van der Waals surface area contributed by atoms with E-state index >= 15 is 0 Å². The van der Waals surface area contributed by atoms with Crippen LogP contribution in [0.25, 0.3) is 0 Å². The minimum atomic E-state index is -0.623. The fraction of sp³-hybridized carbons (Fsp3) is 0.270. The zero-order valence-electron chi connectivity index (χ0n) is 24.9. The lowest BCUT2D eigenvalue weighted by molar-refractivity contribution is -0.133. The molecule has 0 unspecified atom stereocenters. The van der Waals surface area contributed by atoms with E-state index in [-0.39, 0.29) is 19.1 Å². The number of cyclic esters (lactones) is 1. The first-order valence-corrected chi connectivity index (χ1v) is 15.1. The molecule has 44 heavy (non-hydrogen) atoms. The molecule has 1 fully saturated rings. The SMILES string of the molecule is CCCOc1ccc(C[C@@H](Cc2ccccc2)C(=O)N2C(=O)OC[C@@H]2Cc2ccccc2)cc1C(=O)OCc1ccccc1. The molecule has 226 valence electrons. The Morgan fingerprint density at radius 2 is 1.43 bits per heavy atom. The molecule has 4 aromatic carbocycles. The number of esters is 1. The molecule has 1 heterocycles. The maximum absolute atomic E-state index is 14.2. The van der Waals surface area contributed by atoms with Crippen molar-refractivity contribution in [2.75, 3.05) is 13.2 Å². The number of ether oxygens (including phenoxy) is 3. The van der Waals surface area contributed by atoms with E-state index in [1.54, 1.807) is 12.1 Å². The second-order valence-corrected chi connectivity index (χ2v) is 11.0. The van der Waals surface area contributed by atoms with Gasteiger partial charge in [0.2, 0.25) is 5.91 Å². The minimum Gasteiger partial charge on any atom is -0.493 e. The Morgan fingerprint density at radius 1 is 0.818 bits per heavy atom. The molecule has 4 aromatic rings. The number of nitrogens with zero attached hydrogens (tertiary/aromatic N) is 1. The molecule has 2 atom stereocenters. The van der Waals surface area contributed by atoms with Crippen LogP contribution in [0.4, 0.5) is 4.79 Å². The van der Waals surface area contributed by atoms with Gasteiger partial charge in [0.15, 0.2) is 0 Å². The topological polar surface area (TPSA) is 82.1 Å². The van der Waals surface area contributed by atoms with Gasteiger partial charge >= 0.3 is 12.1 Å². The Balaban J connectivity index is 1.41. The number of hydrogen-bond donors (Lipinski definition) is 0. The third-order valence-corrected chi connectivity index (χ3v) is 7.61. The van der Waals surface area contributed by atoms with Crippen LogP contribution in [0.5, 0.6) is 5.75 Å². The van der Waals surface area contributed by atoms with Crippen LogP contribution in [-0.4, -0.2) is 42.1 Å². The summed E-state index contributed by atoms with van der Waals surface area (Å²) in [6.45, 7) is 2.73. The maximum atomic E-state index is 14.2. The zero-order valence-corrected chi connectivity index (χ0v) is 24.9. The molecule has 0 aromatic heterocycles. The number of benzene rings is 4. The highest BCUT2D eigenvalue weighted by molar-refractivity contribution is 5.95. The highest BCUT2D eigenvalue weighted by Crippen LogP contribution is 2.27. The Hall–Kier alpha value is -4.91. The lowest BCUT2D eigenvalue weighted by Crippen LogP contribution is -2.44. The fourth-order valence-corrected chi connectivity index (χ4v) is 5.40. The van der Waals surface area contributed by atoms with Crippen molar-refractivity contribution in [3.05, 3.63) is 137 Å². The van der Waals surface area contributed by atoms with Crippen LogP contribution >= 0.6 is 0 Å². The predicted octanol–water partition coefficient (Wildman–Crippen LogP) is 6.82. The third-order valence-electron chi connectivity index (χ3n) is 7.61. The van der Waals surface area contributed by atoms with E-state index in [2.05, 4.69) is 0 Å². The molecule has 0 saturated carbocycles. The number of hydrogen-bond acceptors (Lipinski definition) is 6. The van der Waals surface area contributed by atoms with Gasteiger partial charge < -0.3 is 14.2 Å². The summed E-state index contributed by atoms with van der Waals surface area (Å²) in [6, 6.07) is 34.0. The normalized spacial score (nSPS) is 15.0. The molecule has 7 heteroatoms. The van der Waals surface area contributed by atoms with Crippen LogP contribution in [0.15, 0.2) is 109 Å². The molecule has 0 bridgehead atoms. The second-order valence-electron chi connectivity index (χ2n) is 11.0. The number of carbonyl (C=O) groups is 3. The van der Waals surface area contributed by atoms with Crippen molar-refractivity contribution in [2.24, 2.45) is 5.92 Å². The number of carbonyl (C=O) groups excluding carboxylic acids is 3. The highest BCUT2D eigenvalue weighted by Gasteiger charge is 2.41. The number of amides is 2. The van der Waals surface area contributed by atoms with Crippen molar-refractivity contribution in [1.82, 2.24) is 4.90 Å². The van der Waals surface area contributed by atoms with Gasteiger partial charge in [-0.2, -0.15) is 0 Å². The summed E-state index contributed by atoms with van der Waals surface area (Å²) >= 11 is 0. The molecule has 1 aliphatic rings. The average molecular weight is 592 g/mol. The third kappa shape index (κ3) is 7.92. The van der Waals surface area contributed by atoms with Gasteiger partial charge in [0.25, 0.3) is 0 Å². The number of imide groups is 1. The van der Waals surface area contributed by atoms with Crippen molar-refractivity contribution in [3.63, 3.8) is 0 Å². The standard InChI is InChI=1S/C37H37NO6/c1-2-20-42-34-19-18-30(24-33(34)36(40)43-25-29-16-10-5-11-17-29)22-31(21-27-12-6-3-7-13-27)35(39)38-32(26-44-37(38)41)23-28-14-8-4-9-15-28/h3-19,24,31-32H,2,20-23,25-26H2,1H3/t31-,32+/m1/s1. The first-order valence-electron chi connectivity index (χ1n) is 15.1. The zero-order chi connectivity index (χ0) is 30.7. The largest absolute Gasteiger partial charge is 0.493 e. The van der Waals surface area contributed by atoms with Gasteiger partial charge in [0, 0.05) is 5.92 Å². The molecule has 2 amide bonds. The van der Waals surface area contributed by atoms with E-state index in [9.17, 15) is 14.4 Å². The van der Waals surface area contributed by atoms with Gasteiger partial charge in [-0.25, -0.2) is 14.5 Å². The van der Waals surface area contributed by atoms with E-state index < -0.39 is 24.0 Å². The van der Waals surface area contributed by atoms with E-state index in [1.807, 2.05) is 104 Å². The van der Waals surface area contributed by atoms with Crippen molar-refractivity contribution in [1.29, 1.82) is 0 Å². The molecule has 0 spiro atoms. The smallest absolute Gasteiger partial charge is 0.416 e. The summed E-state index contributed by atoms with van der Waals surface area (Å²) in [5.41, 5.74) is 3.95. The number of rotatable bonds is 13. The summed E-state index contributed by atoms with van der Waals surface area (Å²) in [7, 11) is 0. The second kappa shape index (κ2) is 15.0. The van der Waals surface area contributed by atoms with Gasteiger partial charge in [-0.1, -0.05) is 104 Å². The molecule has 0 radical (unpaired) electrons. The Morgan fingerprint density at radius 3 is 2.09 bits per heavy atom. The van der Waals surface area contributed by atoms with E-state index in [0.29, 0.717) is 37.2 Å².